The van der Waals surface area contributed by atoms with Crippen LogP contribution in [0.1, 0.15) is 34.9 Å². The molecule has 6 nitrogen and oxygen atoms in total. The van der Waals surface area contributed by atoms with E-state index in [9.17, 15) is 4.79 Å². The molecule has 7 heteroatoms. The van der Waals surface area contributed by atoms with Crippen LogP contribution >= 0.6 is 11.6 Å². The van der Waals surface area contributed by atoms with Crippen LogP contribution in [0, 0.1) is 0 Å². The second kappa shape index (κ2) is 10.1. The first kappa shape index (κ1) is 22.2. The average molecular weight is 451 g/mol. The number of amides is 1. The van der Waals surface area contributed by atoms with Crippen LogP contribution in [0.15, 0.2) is 60.8 Å². The number of halogens is 1. The fraction of sp³-hybridized carbons (Fsp3) is 0.320. The smallest absolute Gasteiger partial charge is 0.254 e. The van der Waals surface area contributed by atoms with E-state index in [1.807, 2.05) is 73.6 Å². The number of benzene rings is 2. The van der Waals surface area contributed by atoms with Gasteiger partial charge in [0.2, 0.25) is 0 Å². The van der Waals surface area contributed by atoms with Crippen molar-refractivity contribution in [3.63, 3.8) is 0 Å². The standard InChI is InChI=1S/C25H27ClN4O2/c1-29(2)14-15-32-21-9-4-7-19(17-21)25(31)30-13-5-10-23(30)22-11-12-27-24(28-22)18-6-3-8-20(26)16-18/h3-4,6-9,11-12,16-17,23H,5,10,13-15H2,1-2H3. The van der Waals surface area contributed by atoms with Gasteiger partial charge in [-0.3, -0.25) is 4.79 Å². The largest absolute Gasteiger partial charge is 0.492 e. The first-order chi connectivity index (χ1) is 15.5. The molecule has 2 heterocycles. The number of ether oxygens (including phenoxy) is 1. The van der Waals surface area contributed by atoms with Crippen molar-refractivity contribution in [2.24, 2.45) is 0 Å². The minimum absolute atomic E-state index is 0.00604. The lowest BCUT2D eigenvalue weighted by Crippen LogP contribution is -2.31. The molecule has 166 valence electrons. The Balaban J connectivity index is 1.53. The van der Waals surface area contributed by atoms with Gasteiger partial charge in [0.05, 0.1) is 11.7 Å². The highest BCUT2D eigenvalue weighted by Gasteiger charge is 2.32. The van der Waals surface area contributed by atoms with Crippen LogP contribution in [-0.2, 0) is 0 Å². The van der Waals surface area contributed by atoms with Crippen LogP contribution < -0.4 is 4.74 Å². The van der Waals surface area contributed by atoms with E-state index in [0.717, 1.165) is 30.6 Å². The Labute approximate surface area is 193 Å². The number of nitrogens with zero attached hydrogens (tertiary/aromatic N) is 4. The molecule has 0 radical (unpaired) electrons. The van der Waals surface area contributed by atoms with Crippen LogP contribution in [0.3, 0.4) is 0 Å². The number of carbonyl (C=O) groups is 1. The highest BCUT2D eigenvalue weighted by Crippen LogP contribution is 2.33. The number of hydrogen-bond donors (Lipinski definition) is 0. The molecule has 1 unspecified atom stereocenters. The van der Waals surface area contributed by atoms with E-state index in [1.54, 1.807) is 6.20 Å². The van der Waals surface area contributed by atoms with Crippen molar-refractivity contribution in [1.29, 1.82) is 0 Å². The van der Waals surface area contributed by atoms with Gasteiger partial charge >= 0.3 is 0 Å². The number of likely N-dealkylation sites (N-methyl/N-ethyl adjacent to an activating group) is 1. The molecule has 1 aliphatic rings. The first-order valence-corrected chi connectivity index (χ1v) is 11.2. The highest BCUT2D eigenvalue weighted by molar-refractivity contribution is 6.30. The molecule has 0 aliphatic carbocycles. The van der Waals surface area contributed by atoms with Crippen molar-refractivity contribution in [3.05, 3.63) is 77.1 Å². The number of hydrogen-bond acceptors (Lipinski definition) is 5. The molecule has 0 N–H and O–H groups in total. The van der Waals surface area contributed by atoms with Gasteiger partial charge in [0.15, 0.2) is 5.82 Å². The summed E-state index contributed by atoms with van der Waals surface area (Å²) in [6.45, 7) is 2.09. The van der Waals surface area contributed by atoms with E-state index in [-0.39, 0.29) is 11.9 Å². The summed E-state index contributed by atoms with van der Waals surface area (Å²) in [5, 5.41) is 0.641. The van der Waals surface area contributed by atoms with Crippen LogP contribution in [0.4, 0.5) is 0 Å². The monoisotopic (exact) mass is 450 g/mol. The summed E-state index contributed by atoms with van der Waals surface area (Å²) < 4.78 is 5.81. The van der Waals surface area contributed by atoms with E-state index in [4.69, 9.17) is 21.3 Å². The van der Waals surface area contributed by atoms with Crippen LogP contribution in [0.5, 0.6) is 5.75 Å². The predicted molar refractivity (Wildman–Crippen MR) is 126 cm³/mol. The topological polar surface area (TPSA) is 58.6 Å². The molecule has 1 aromatic heterocycles. The predicted octanol–water partition coefficient (Wildman–Crippen LogP) is 4.71. The summed E-state index contributed by atoms with van der Waals surface area (Å²) in [7, 11) is 4.00. The maximum atomic E-state index is 13.4. The van der Waals surface area contributed by atoms with Crippen molar-refractivity contribution in [1.82, 2.24) is 19.8 Å². The van der Waals surface area contributed by atoms with E-state index >= 15 is 0 Å². The SMILES string of the molecule is CN(C)CCOc1cccc(C(=O)N2CCCC2c2ccnc(-c3cccc(Cl)c3)n2)c1. The molecule has 32 heavy (non-hydrogen) atoms. The lowest BCUT2D eigenvalue weighted by molar-refractivity contribution is 0.0732. The van der Waals surface area contributed by atoms with Gasteiger partial charge in [-0.05, 0) is 63.3 Å². The lowest BCUT2D eigenvalue weighted by atomic mass is 10.1. The summed E-state index contributed by atoms with van der Waals surface area (Å²) in [4.78, 5) is 26.5. The van der Waals surface area contributed by atoms with Gasteiger partial charge in [-0.1, -0.05) is 29.8 Å². The van der Waals surface area contributed by atoms with Gasteiger partial charge in [0.1, 0.15) is 12.4 Å². The summed E-state index contributed by atoms with van der Waals surface area (Å²) in [6, 6.07) is 16.7. The number of rotatable bonds is 7. The molecule has 1 saturated heterocycles. The Kier molecular flexibility index (Phi) is 7.02. The molecular weight excluding hydrogens is 424 g/mol. The second-order valence-electron chi connectivity index (χ2n) is 8.15. The number of aromatic nitrogens is 2. The molecule has 2 aromatic carbocycles. The fourth-order valence-electron chi connectivity index (χ4n) is 3.87. The van der Waals surface area contributed by atoms with Gasteiger partial charge in [-0.25, -0.2) is 9.97 Å². The zero-order valence-electron chi connectivity index (χ0n) is 18.4. The Morgan fingerprint density at radius 3 is 2.84 bits per heavy atom. The molecule has 1 fully saturated rings. The van der Waals surface area contributed by atoms with E-state index in [2.05, 4.69) is 9.88 Å². The molecule has 3 aromatic rings. The summed E-state index contributed by atoms with van der Waals surface area (Å²) in [5.41, 5.74) is 2.33. The third kappa shape index (κ3) is 5.26. The van der Waals surface area contributed by atoms with E-state index < -0.39 is 0 Å². The van der Waals surface area contributed by atoms with Crippen LogP contribution in [-0.4, -0.2) is 59.5 Å². The van der Waals surface area contributed by atoms with Crippen molar-refractivity contribution in [2.75, 3.05) is 33.8 Å². The Morgan fingerprint density at radius 2 is 2.03 bits per heavy atom. The van der Waals surface area contributed by atoms with E-state index in [0.29, 0.717) is 35.3 Å². The van der Waals surface area contributed by atoms with Crippen molar-refractivity contribution < 1.29 is 9.53 Å². The number of carbonyl (C=O) groups excluding carboxylic acids is 1. The van der Waals surface area contributed by atoms with Crippen molar-refractivity contribution in [3.8, 4) is 17.1 Å². The molecule has 1 aliphatic heterocycles. The third-order valence-corrected chi connectivity index (χ3v) is 5.74. The van der Waals surface area contributed by atoms with Gasteiger partial charge in [-0.15, -0.1) is 0 Å². The van der Waals surface area contributed by atoms with Crippen LogP contribution in [0.2, 0.25) is 5.02 Å². The minimum Gasteiger partial charge on any atom is -0.492 e. The minimum atomic E-state index is -0.0817. The highest BCUT2D eigenvalue weighted by atomic mass is 35.5. The second-order valence-corrected chi connectivity index (χ2v) is 8.59. The average Bonchev–Trinajstić information content (AvgIpc) is 3.29. The third-order valence-electron chi connectivity index (χ3n) is 5.50. The van der Waals surface area contributed by atoms with Crippen molar-refractivity contribution in [2.45, 2.75) is 18.9 Å². The molecule has 0 spiro atoms. The maximum Gasteiger partial charge on any atom is 0.254 e. The quantitative estimate of drug-likeness (QED) is 0.521. The van der Waals surface area contributed by atoms with Crippen LogP contribution in [0.25, 0.3) is 11.4 Å². The number of likely N-dealkylation sites (tertiary alicyclic amines) is 1. The van der Waals surface area contributed by atoms with E-state index in [1.165, 1.54) is 0 Å². The normalized spacial score (nSPS) is 15.9. The first-order valence-electron chi connectivity index (χ1n) is 10.8. The summed E-state index contributed by atoms with van der Waals surface area (Å²) in [6.07, 6.45) is 3.56. The molecule has 0 saturated carbocycles. The van der Waals surface area contributed by atoms with Gasteiger partial charge in [0.25, 0.3) is 5.91 Å². The Bertz CT molecular complexity index is 1090. The fourth-order valence-corrected chi connectivity index (χ4v) is 4.06. The maximum absolute atomic E-state index is 13.4. The van der Waals surface area contributed by atoms with Gasteiger partial charge in [-0.2, -0.15) is 0 Å². The summed E-state index contributed by atoms with van der Waals surface area (Å²) in [5.74, 6) is 1.31. The van der Waals surface area contributed by atoms with Crippen molar-refractivity contribution >= 4 is 17.5 Å². The Hall–Kier alpha value is -2.96. The molecule has 0 bridgehead atoms. The summed E-state index contributed by atoms with van der Waals surface area (Å²) >= 11 is 6.13. The zero-order chi connectivity index (χ0) is 22.5. The molecular formula is C25H27ClN4O2. The molecule has 1 amide bonds. The lowest BCUT2D eigenvalue weighted by Gasteiger charge is -2.25. The Morgan fingerprint density at radius 1 is 1.19 bits per heavy atom. The molecule has 1 atom stereocenters. The van der Waals surface area contributed by atoms with Gasteiger partial charge in [0, 0.05) is 35.4 Å². The van der Waals surface area contributed by atoms with Gasteiger partial charge < -0.3 is 14.5 Å². The molecule has 4 rings (SSSR count). The zero-order valence-corrected chi connectivity index (χ0v) is 19.1.